The molecule has 1 fully saturated rings. The molecule has 5 atom stereocenters. The van der Waals surface area contributed by atoms with Crippen molar-refractivity contribution < 1.29 is 43.2 Å². The van der Waals surface area contributed by atoms with Crippen molar-refractivity contribution in [3.63, 3.8) is 0 Å². The maximum Gasteiger partial charge on any atom is 0.338 e. The van der Waals surface area contributed by atoms with Gasteiger partial charge in [-0.15, -0.1) is 0 Å². The van der Waals surface area contributed by atoms with Gasteiger partial charge in [-0.2, -0.15) is 0 Å². The van der Waals surface area contributed by atoms with Gasteiger partial charge in [0.15, 0.2) is 6.10 Å². The van der Waals surface area contributed by atoms with Crippen LogP contribution >= 0.6 is 0 Å². The SMILES string of the molecule is CC(=O)OC1(C)O[C@H]([C@@H](C)OC(=O)c2ccccc2)[C@@H](OC(=O)c2ccccc2)[C@]1(O)C(=O)c1ccccc1. The molecule has 0 spiro atoms. The number of ketones is 1. The molecule has 39 heavy (non-hydrogen) atoms. The molecule has 1 aliphatic heterocycles. The van der Waals surface area contributed by atoms with Gasteiger partial charge in [0.05, 0.1) is 11.1 Å². The fraction of sp³-hybridized carbons (Fsp3) is 0.267. The van der Waals surface area contributed by atoms with Gasteiger partial charge in [0.1, 0.15) is 12.2 Å². The van der Waals surface area contributed by atoms with Gasteiger partial charge >= 0.3 is 17.9 Å². The predicted molar refractivity (Wildman–Crippen MR) is 138 cm³/mol. The summed E-state index contributed by atoms with van der Waals surface area (Å²) >= 11 is 0. The predicted octanol–water partition coefficient (Wildman–Crippen LogP) is 3.75. The largest absolute Gasteiger partial charge is 0.456 e. The molecule has 0 aliphatic carbocycles. The Hall–Kier alpha value is -4.34. The van der Waals surface area contributed by atoms with Gasteiger partial charge in [-0.05, 0) is 31.2 Å². The Balaban J connectivity index is 1.78. The first-order valence-electron chi connectivity index (χ1n) is 12.3. The van der Waals surface area contributed by atoms with Gasteiger partial charge in [-0.1, -0.05) is 66.7 Å². The minimum absolute atomic E-state index is 0.0531. The van der Waals surface area contributed by atoms with E-state index < -0.39 is 53.4 Å². The molecule has 0 saturated carbocycles. The molecule has 1 aliphatic rings. The van der Waals surface area contributed by atoms with E-state index in [0.717, 1.165) is 6.92 Å². The molecule has 4 rings (SSSR count). The van der Waals surface area contributed by atoms with Crippen molar-refractivity contribution in [2.24, 2.45) is 0 Å². The Bertz CT molecular complexity index is 1340. The van der Waals surface area contributed by atoms with Crippen LogP contribution in [0.1, 0.15) is 51.8 Å². The molecule has 0 radical (unpaired) electrons. The summed E-state index contributed by atoms with van der Waals surface area (Å²) in [6, 6.07) is 23.9. The molecule has 0 aromatic heterocycles. The highest BCUT2D eigenvalue weighted by Gasteiger charge is 2.72. The zero-order valence-electron chi connectivity index (χ0n) is 21.6. The highest BCUT2D eigenvalue weighted by molar-refractivity contribution is 6.04. The van der Waals surface area contributed by atoms with E-state index in [4.69, 9.17) is 18.9 Å². The monoisotopic (exact) mass is 532 g/mol. The average molecular weight is 533 g/mol. The van der Waals surface area contributed by atoms with E-state index in [2.05, 4.69) is 0 Å². The molecule has 3 aromatic carbocycles. The third-order valence-corrected chi connectivity index (χ3v) is 6.49. The number of Topliss-reactive ketones (excluding diaryl/α,β-unsaturated/α-hetero) is 1. The molecular weight excluding hydrogens is 504 g/mol. The number of esters is 3. The number of carbonyl (C=O) groups is 4. The van der Waals surface area contributed by atoms with E-state index >= 15 is 0 Å². The van der Waals surface area contributed by atoms with Crippen LogP contribution in [0.25, 0.3) is 0 Å². The van der Waals surface area contributed by atoms with Crippen molar-refractivity contribution in [1.82, 2.24) is 0 Å². The highest BCUT2D eigenvalue weighted by Crippen LogP contribution is 2.46. The molecule has 0 bridgehead atoms. The van der Waals surface area contributed by atoms with E-state index in [-0.39, 0.29) is 16.7 Å². The Kier molecular flexibility index (Phi) is 7.94. The highest BCUT2D eigenvalue weighted by atomic mass is 16.8. The maximum absolute atomic E-state index is 13.9. The fourth-order valence-electron chi connectivity index (χ4n) is 4.56. The summed E-state index contributed by atoms with van der Waals surface area (Å²) in [5.74, 6) is -5.67. The second-order valence-corrected chi connectivity index (χ2v) is 9.25. The Morgan fingerprint density at radius 2 is 1.26 bits per heavy atom. The zero-order chi connectivity index (χ0) is 28.2. The van der Waals surface area contributed by atoms with Crippen LogP contribution in [0, 0.1) is 0 Å². The Morgan fingerprint density at radius 3 is 1.74 bits per heavy atom. The van der Waals surface area contributed by atoms with Crippen molar-refractivity contribution in [2.75, 3.05) is 0 Å². The Morgan fingerprint density at radius 1 is 0.795 bits per heavy atom. The van der Waals surface area contributed by atoms with Crippen molar-refractivity contribution in [1.29, 1.82) is 0 Å². The lowest BCUT2D eigenvalue weighted by molar-refractivity contribution is -0.259. The van der Waals surface area contributed by atoms with Crippen molar-refractivity contribution in [3.05, 3.63) is 108 Å². The lowest BCUT2D eigenvalue weighted by Crippen LogP contribution is -2.63. The summed E-state index contributed by atoms with van der Waals surface area (Å²) in [5, 5.41) is 12.1. The molecule has 1 unspecified atom stereocenters. The van der Waals surface area contributed by atoms with Crippen LogP contribution in [-0.2, 0) is 23.7 Å². The molecule has 1 heterocycles. The van der Waals surface area contributed by atoms with Crippen LogP contribution in [0.4, 0.5) is 0 Å². The summed E-state index contributed by atoms with van der Waals surface area (Å²) in [6.45, 7) is 3.74. The van der Waals surface area contributed by atoms with Crippen molar-refractivity contribution >= 4 is 23.7 Å². The molecule has 9 nitrogen and oxygen atoms in total. The first kappa shape index (κ1) is 27.7. The molecule has 9 heteroatoms. The second-order valence-electron chi connectivity index (χ2n) is 9.25. The first-order chi connectivity index (χ1) is 18.6. The normalized spacial score (nSPS) is 24.8. The number of aliphatic hydroxyl groups is 1. The van der Waals surface area contributed by atoms with Gasteiger partial charge < -0.3 is 24.1 Å². The molecular formula is C30H28O9. The van der Waals surface area contributed by atoms with Gasteiger partial charge in [0.25, 0.3) is 5.79 Å². The number of benzene rings is 3. The number of rotatable bonds is 8. The summed E-state index contributed by atoms with van der Waals surface area (Å²) in [5.41, 5.74) is -2.28. The van der Waals surface area contributed by atoms with Crippen molar-refractivity contribution in [3.8, 4) is 0 Å². The fourth-order valence-corrected chi connectivity index (χ4v) is 4.56. The van der Waals surface area contributed by atoms with E-state index in [1.807, 2.05) is 0 Å². The number of carbonyl (C=O) groups excluding carboxylic acids is 4. The third-order valence-electron chi connectivity index (χ3n) is 6.49. The van der Waals surface area contributed by atoms with Crippen LogP contribution in [-0.4, -0.2) is 58.5 Å². The van der Waals surface area contributed by atoms with E-state index in [9.17, 15) is 24.3 Å². The topological polar surface area (TPSA) is 125 Å². The first-order valence-corrected chi connectivity index (χ1v) is 12.3. The van der Waals surface area contributed by atoms with Crippen molar-refractivity contribution in [2.45, 2.75) is 50.5 Å². The van der Waals surface area contributed by atoms with Crippen LogP contribution in [0.5, 0.6) is 0 Å². The third kappa shape index (κ3) is 5.45. The van der Waals surface area contributed by atoms with Gasteiger partial charge in [-0.25, -0.2) is 9.59 Å². The lowest BCUT2D eigenvalue weighted by Gasteiger charge is -2.37. The maximum atomic E-state index is 13.9. The minimum Gasteiger partial charge on any atom is -0.456 e. The van der Waals surface area contributed by atoms with Crippen LogP contribution < -0.4 is 0 Å². The lowest BCUT2D eigenvalue weighted by atomic mass is 9.80. The smallest absolute Gasteiger partial charge is 0.338 e. The quantitative estimate of drug-likeness (QED) is 0.262. The van der Waals surface area contributed by atoms with E-state index in [0.29, 0.717) is 0 Å². The molecule has 1 saturated heterocycles. The van der Waals surface area contributed by atoms with Gasteiger partial charge in [0.2, 0.25) is 11.4 Å². The summed E-state index contributed by atoms with van der Waals surface area (Å²) in [6.07, 6.45) is -4.33. The molecule has 1 N–H and O–H groups in total. The standard InChI is InChI=1S/C30H28O9/c1-19(36-27(33)22-15-9-5-10-16-22)24-26(37-28(34)23-17-11-6-12-18-23)30(35,29(3,39-24)38-20(2)31)25(32)21-13-7-4-8-14-21/h4-19,24,26,35H,1-3H3/t19-,24-,26-,29?,30-/m1/s1. The van der Waals surface area contributed by atoms with Crippen LogP contribution in [0.15, 0.2) is 91.0 Å². The minimum atomic E-state index is -2.72. The molecule has 202 valence electrons. The average Bonchev–Trinajstić information content (AvgIpc) is 3.16. The summed E-state index contributed by atoms with van der Waals surface area (Å²) < 4.78 is 22.7. The Labute approximate surface area is 225 Å². The van der Waals surface area contributed by atoms with E-state index in [1.165, 1.54) is 38.1 Å². The summed E-state index contributed by atoms with van der Waals surface area (Å²) in [7, 11) is 0. The number of ether oxygens (including phenoxy) is 4. The van der Waals surface area contributed by atoms with Gasteiger partial charge in [-0.3, -0.25) is 9.59 Å². The zero-order valence-corrected chi connectivity index (χ0v) is 21.6. The van der Waals surface area contributed by atoms with Gasteiger partial charge in [0, 0.05) is 19.4 Å². The second kappa shape index (κ2) is 11.2. The van der Waals surface area contributed by atoms with Crippen LogP contribution in [0.2, 0.25) is 0 Å². The van der Waals surface area contributed by atoms with Crippen LogP contribution in [0.3, 0.4) is 0 Å². The number of hydrogen-bond donors (Lipinski definition) is 1. The molecule has 3 aromatic rings. The molecule has 0 amide bonds. The summed E-state index contributed by atoms with van der Waals surface area (Å²) in [4.78, 5) is 52.0. The van der Waals surface area contributed by atoms with E-state index in [1.54, 1.807) is 66.7 Å². The number of hydrogen-bond acceptors (Lipinski definition) is 9.